The van der Waals surface area contributed by atoms with Crippen LogP contribution in [0.1, 0.15) is 18.4 Å². The molecule has 140 valence electrons. The second-order valence-electron chi connectivity index (χ2n) is 6.76. The lowest BCUT2D eigenvalue weighted by Crippen LogP contribution is -2.43. The molecule has 2 aromatic heterocycles. The van der Waals surface area contributed by atoms with E-state index in [4.69, 9.17) is 0 Å². The zero-order valence-corrected chi connectivity index (χ0v) is 15.1. The van der Waals surface area contributed by atoms with E-state index in [9.17, 15) is 4.79 Å². The Morgan fingerprint density at radius 2 is 2.26 bits per heavy atom. The summed E-state index contributed by atoms with van der Waals surface area (Å²) in [6.07, 6.45) is 6.84. The molecule has 3 heterocycles. The number of carbonyl (C=O) groups excluding carboxylic acids is 1. The minimum absolute atomic E-state index is 0.0877. The molecule has 1 unspecified atom stereocenters. The van der Waals surface area contributed by atoms with Crippen LogP contribution >= 0.6 is 0 Å². The molecule has 10 nitrogen and oxygen atoms in total. The molecule has 4 rings (SSSR count). The predicted molar refractivity (Wildman–Crippen MR) is 97.2 cm³/mol. The summed E-state index contributed by atoms with van der Waals surface area (Å²) < 4.78 is 3.38. The van der Waals surface area contributed by atoms with Crippen molar-refractivity contribution in [2.45, 2.75) is 26.3 Å². The molecule has 1 atom stereocenters. The maximum atomic E-state index is 12.8. The number of aryl methyl sites for hydroxylation is 1. The van der Waals surface area contributed by atoms with E-state index in [0.29, 0.717) is 12.5 Å². The van der Waals surface area contributed by atoms with Crippen LogP contribution in [0.3, 0.4) is 0 Å². The number of anilines is 1. The fourth-order valence-corrected chi connectivity index (χ4v) is 3.35. The lowest BCUT2D eigenvalue weighted by molar-refractivity contribution is 0.168. The molecule has 1 aliphatic rings. The highest BCUT2D eigenvalue weighted by Crippen LogP contribution is 2.22. The number of amides is 2. The number of hydrogen-bond donors (Lipinski definition) is 1. The fourth-order valence-electron chi connectivity index (χ4n) is 3.35. The van der Waals surface area contributed by atoms with E-state index in [2.05, 4.69) is 30.9 Å². The second kappa shape index (κ2) is 7.52. The number of benzene rings is 1. The van der Waals surface area contributed by atoms with Crippen molar-refractivity contribution in [1.82, 2.24) is 39.9 Å². The van der Waals surface area contributed by atoms with Crippen LogP contribution in [0, 0.1) is 12.8 Å². The third-order valence-electron chi connectivity index (χ3n) is 4.79. The van der Waals surface area contributed by atoms with Crippen LogP contribution in [0.4, 0.5) is 10.5 Å². The highest BCUT2D eigenvalue weighted by molar-refractivity contribution is 5.90. The summed E-state index contributed by atoms with van der Waals surface area (Å²) in [6.45, 7) is 4.20. The summed E-state index contributed by atoms with van der Waals surface area (Å²) in [5.74, 6) is 0.375. The van der Waals surface area contributed by atoms with Gasteiger partial charge in [0.2, 0.25) is 0 Å². The summed E-state index contributed by atoms with van der Waals surface area (Å²) in [5.41, 5.74) is 2.53. The average molecular weight is 367 g/mol. The number of nitrogens with zero attached hydrogens (tertiary/aromatic N) is 8. The molecule has 1 saturated heterocycles. The molecule has 1 fully saturated rings. The molecule has 1 N–H and O–H groups in total. The van der Waals surface area contributed by atoms with Gasteiger partial charge in [-0.05, 0) is 53.8 Å². The Kier molecular flexibility index (Phi) is 4.77. The number of piperidine rings is 1. The molecule has 1 aromatic carbocycles. The third kappa shape index (κ3) is 3.94. The van der Waals surface area contributed by atoms with Crippen LogP contribution in [-0.2, 0) is 6.54 Å². The molecule has 0 aliphatic carbocycles. The van der Waals surface area contributed by atoms with E-state index in [-0.39, 0.29) is 6.03 Å². The van der Waals surface area contributed by atoms with Crippen molar-refractivity contribution in [3.63, 3.8) is 0 Å². The summed E-state index contributed by atoms with van der Waals surface area (Å²) in [4.78, 5) is 18.6. The first-order valence-electron chi connectivity index (χ1n) is 8.91. The van der Waals surface area contributed by atoms with Crippen LogP contribution in [0.25, 0.3) is 5.69 Å². The molecule has 0 bridgehead atoms. The quantitative estimate of drug-likeness (QED) is 0.749. The molecule has 27 heavy (non-hydrogen) atoms. The van der Waals surface area contributed by atoms with Crippen molar-refractivity contribution in [3.8, 4) is 5.69 Å². The minimum atomic E-state index is -0.0877. The zero-order chi connectivity index (χ0) is 18.6. The number of likely N-dealkylation sites (tertiary alicyclic amines) is 1. The fraction of sp³-hybridized carbons (Fsp3) is 0.412. The molecule has 1 aliphatic heterocycles. The van der Waals surface area contributed by atoms with E-state index < -0.39 is 0 Å². The van der Waals surface area contributed by atoms with Crippen molar-refractivity contribution in [3.05, 3.63) is 42.7 Å². The minimum Gasteiger partial charge on any atom is -0.324 e. The standard InChI is InChI=1S/C17H21N9O/c1-13-4-5-15(26-12-19-22-23-26)7-16(13)21-17(27)24-6-2-3-14(8-24)9-25-11-18-10-20-25/h4-5,7,10-12,14H,2-3,6,8-9H2,1H3,(H,21,27). The van der Waals surface area contributed by atoms with Gasteiger partial charge in [0.15, 0.2) is 0 Å². The molecule has 0 radical (unpaired) electrons. The van der Waals surface area contributed by atoms with Gasteiger partial charge in [0.1, 0.15) is 19.0 Å². The molecule has 0 saturated carbocycles. The Hall–Kier alpha value is -3.30. The number of tetrazole rings is 1. The van der Waals surface area contributed by atoms with E-state index in [1.165, 1.54) is 12.7 Å². The first-order chi connectivity index (χ1) is 13.2. The largest absolute Gasteiger partial charge is 0.324 e. The van der Waals surface area contributed by atoms with Crippen LogP contribution in [0.2, 0.25) is 0 Å². The molecule has 0 spiro atoms. The van der Waals surface area contributed by atoms with Crippen molar-refractivity contribution in [2.75, 3.05) is 18.4 Å². The van der Waals surface area contributed by atoms with Gasteiger partial charge in [-0.15, -0.1) is 5.10 Å². The summed E-state index contributed by atoms with van der Waals surface area (Å²) in [5, 5.41) is 18.4. The number of aromatic nitrogens is 7. The maximum absolute atomic E-state index is 12.8. The maximum Gasteiger partial charge on any atom is 0.321 e. The highest BCUT2D eigenvalue weighted by atomic mass is 16.2. The lowest BCUT2D eigenvalue weighted by atomic mass is 9.98. The summed E-state index contributed by atoms with van der Waals surface area (Å²) in [7, 11) is 0. The molecule has 2 amide bonds. The topological polar surface area (TPSA) is 107 Å². The van der Waals surface area contributed by atoms with Crippen LogP contribution < -0.4 is 5.32 Å². The molecular formula is C17H21N9O. The van der Waals surface area contributed by atoms with Crippen molar-refractivity contribution >= 4 is 11.7 Å². The highest BCUT2D eigenvalue weighted by Gasteiger charge is 2.24. The first kappa shape index (κ1) is 17.1. The molecular weight excluding hydrogens is 346 g/mol. The second-order valence-corrected chi connectivity index (χ2v) is 6.76. The van der Waals surface area contributed by atoms with Crippen LogP contribution in [-0.4, -0.2) is 59.0 Å². The van der Waals surface area contributed by atoms with Gasteiger partial charge in [-0.1, -0.05) is 6.07 Å². The zero-order valence-electron chi connectivity index (χ0n) is 15.1. The number of nitrogens with one attached hydrogen (secondary N) is 1. The Morgan fingerprint density at radius 1 is 1.33 bits per heavy atom. The van der Waals surface area contributed by atoms with Crippen molar-refractivity contribution in [1.29, 1.82) is 0 Å². The summed E-state index contributed by atoms with van der Waals surface area (Å²) in [6, 6.07) is 5.64. The average Bonchev–Trinajstić information content (AvgIpc) is 3.38. The van der Waals surface area contributed by atoms with E-state index in [0.717, 1.165) is 42.9 Å². The van der Waals surface area contributed by atoms with Gasteiger partial charge in [0.25, 0.3) is 0 Å². The van der Waals surface area contributed by atoms with Gasteiger partial charge in [-0.2, -0.15) is 5.10 Å². The van der Waals surface area contributed by atoms with Gasteiger partial charge in [-0.3, -0.25) is 4.68 Å². The predicted octanol–water partition coefficient (Wildman–Crippen LogP) is 1.51. The van der Waals surface area contributed by atoms with Gasteiger partial charge in [0.05, 0.1) is 5.69 Å². The van der Waals surface area contributed by atoms with E-state index >= 15 is 0 Å². The molecule has 3 aromatic rings. The van der Waals surface area contributed by atoms with Gasteiger partial charge in [0, 0.05) is 25.3 Å². The monoisotopic (exact) mass is 367 g/mol. The smallest absolute Gasteiger partial charge is 0.321 e. The third-order valence-corrected chi connectivity index (χ3v) is 4.79. The van der Waals surface area contributed by atoms with E-state index in [1.807, 2.05) is 34.7 Å². The number of hydrogen-bond acceptors (Lipinski definition) is 6. The van der Waals surface area contributed by atoms with Crippen LogP contribution in [0.5, 0.6) is 0 Å². The van der Waals surface area contributed by atoms with Crippen LogP contribution in [0.15, 0.2) is 37.2 Å². The number of urea groups is 1. The number of carbonyl (C=O) groups is 1. The van der Waals surface area contributed by atoms with Gasteiger partial charge < -0.3 is 10.2 Å². The van der Waals surface area contributed by atoms with Crippen molar-refractivity contribution in [2.24, 2.45) is 5.92 Å². The van der Waals surface area contributed by atoms with Gasteiger partial charge in [-0.25, -0.2) is 14.5 Å². The number of rotatable bonds is 4. The SMILES string of the molecule is Cc1ccc(-n2cnnn2)cc1NC(=O)N1CCCC(Cn2cncn2)C1. The Labute approximate surface area is 156 Å². The normalized spacial score (nSPS) is 17.1. The van der Waals surface area contributed by atoms with Gasteiger partial charge >= 0.3 is 6.03 Å². The lowest BCUT2D eigenvalue weighted by Gasteiger charge is -2.32. The first-order valence-corrected chi connectivity index (χ1v) is 8.91. The Balaban J connectivity index is 1.43. The van der Waals surface area contributed by atoms with E-state index in [1.54, 1.807) is 11.0 Å². The van der Waals surface area contributed by atoms with Crippen molar-refractivity contribution < 1.29 is 4.79 Å². The summed E-state index contributed by atoms with van der Waals surface area (Å²) >= 11 is 0. The Bertz CT molecular complexity index is 891. The Morgan fingerprint density at radius 3 is 3.04 bits per heavy atom. The molecule has 10 heteroatoms.